The van der Waals surface area contributed by atoms with E-state index in [1.54, 1.807) is 16.4 Å². The Bertz CT molecular complexity index is 769. The van der Waals surface area contributed by atoms with Crippen LogP contribution in [-0.4, -0.2) is 36.9 Å². The molecule has 6 heteroatoms. The second kappa shape index (κ2) is 3.74. The molecule has 5 nitrogen and oxygen atoms in total. The van der Waals surface area contributed by atoms with Crippen LogP contribution < -0.4 is 0 Å². The number of hydrogen-bond donors (Lipinski definition) is 0. The van der Waals surface area contributed by atoms with E-state index in [4.69, 9.17) is 4.74 Å². The summed E-state index contributed by atoms with van der Waals surface area (Å²) in [6.45, 7) is 3.37. The van der Waals surface area contributed by atoms with Gasteiger partial charge in [0.1, 0.15) is 6.10 Å². The predicted molar refractivity (Wildman–Crippen MR) is 77.3 cm³/mol. The maximum absolute atomic E-state index is 12.9. The van der Waals surface area contributed by atoms with Crippen molar-refractivity contribution < 1.29 is 17.9 Å². The lowest BCUT2D eigenvalue weighted by Gasteiger charge is -2.46. The molecule has 1 aromatic rings. The Morgan fingerprint density at radius 1 is 1.05 bits per heavy atom. The summed E-state index contributed by atoms with van der Waals surface area (Å²) in [6.07, 6.45) is -0.0491. The minimum Gasteiger partial charge on any atom is -0.462 e. The summed E-state index contributed by atoms with van der Waals surface area (Å²) in [5.41, 5.74) is 1.05. The van der Waals surface area contributed by atoms with Crippen molar-refractivity contribution in [3.05, 3.63) is 29.8 Å². The number of carbonyl (C=O) groups excluding carboxylic acids is 1. The van der Waals surface area contributed by atoms with E-state index in [-0.39, 0.29) is 30.1 Å². The molecular weight excluding hydrogens is 302 g/mol. The van der Waals surface area contributed by atoms with Crippen molar-refractivity contribution in [1.82, 2.24) is 4.31 Å². The second-order valence-corrected chi connectivity index (χ2v) is 8.86. The van der Waals surface area contributed by atoms with Crippen molar-refractivity contribution in [3.8, 4) is 0 Å². The monoisotopic (exact) mass is 319 g/mol. The summed E-state index contributed by atoms with van der Waals surface area (Å²) in [6, 6.07) is 7.13. The highest BCUT2D eigenvalue weighted by Crippen LogP contribution is 2.80. The highest BCUT2D eigenvalue weighted by molar-refractivity contribution is 7.89. The fourth-order valence-electron chi connectivity index (χ4n) is 5.37. The van der Waals surface area contributed by atoms with Gasteiger partial charge in [-0.1, -0.05) is 17.7 Å². The molecule has 2 aliphatic heterocycles. The van der Waals surface area contributed by atoms with Crippen LogP contribution in [0.4, 0.5) is 0 Å². The first-order valence-electron chi connectivity index (χ1n) is 7.70. The number of nitrogens with zero attached hydrogens (tertiary/aromatic N) is 1. The van der Waals surface area contributed by atoms with Crippen LogP contribution in [-0.2, 0) is 19.6 Å². The molecule has 0 radical (unpaired) electrons. The minimum absolute atomic E-state index is 0.0491. The molecule has 4 saturated carbocycles. The number of esters is 1. The lowest BCUT2D eigenvalue weighted by Crippen LogP contribution is -2.61. The van der Waals surface area contributed by atoms with Gasteiger partial charge >= 0.3 is 5.97 Å². The van der Waals surface area contributed by atoms with Gasteiger partial charge in [-0.15, -0.1) is 0 Å². The summed E-state index contributed by atoms with van der Waals surface area (Å²) < 4.78 is 32.9. The molecule has 4 aliphatic carbocycles. The van der Waals surface area contributed by atoms with Gasteiger partial charge in [-0.25, -0.2) is 8.42 Å². The van der Waals surface area contributed by atoms with Crippen LogP contribution in [0, 0.1) is 30.6 Å². The van der Waals surface area contributed by atoms with E-state index in [2.05, 4.69) is 0 Å². The van der Waals surface area contributed by atoms with E-state index < -0.39 is 10.0 Å². The van der Waals surface area contributed by atoms with Gasteiger partial charge in [0.25, 0.3) is 0 Å². The lowest BCUT2D eigenvalue weighted by atomic mass is 9.92. The van der Waals surface area contributed by atoms with Crippen molar-refractivity contribution in [1.29, 1.82) is 0 Å². The molecule has 6 bridgehead atoms. The van der Waals surface area contributed by atoms with Gasteiger partial charge in [-0.3, -0.25) is 4.79 Å². The number of sulfonamides is 1. The van der Waals surface area contributed by atoms with Gasteiger partial charge in [-0.05, 0) is 30.9 Å². The normalized spacial score (nSPS) is 43.8. The van der Waals surface area contributed by atoms with Gasteiger partial charge in [-0.2, -0.15) is 4.31 Å². The topological polar surface area (TPSA) is 63.7 Å². The third kappa shape index (κ3) is 1.30. The van der Waals surface area contributed by atoms with Gasteiger partial charge < -0.3 is 4.74 Å². The highest BCUT2D eigenvalue weighted by Gasteiger charge is 2.89. The third-order valence-corrected chi connectivity index (χ3v) is 7.92. The molecule has 5 atom stereocenters. The molecule has 2 saturated heterocycles. The van der Waals surface area contributed by atoms with Crippen LogP contribution in [0.25, 0.3) is 0 Å². The fourth-order valence-corrected chi connectivity index (χ4v) is 7.30. The standard InChI is InChI=1S/C16H17NO4S/c1-7-3-5-9(6-4-7)22(19,20)17-14-10-11-12(10)16(21-8(2)18)13(14)15(11)17/h3-6,10-16H,1-2H3. The second-order valence-electron chi connectivity index (χ2n) is 7.01. The first-order chi connectivity index (χ1) is 10.4. The molecule has 6 aliphatic rings. The van der Waals surface area contributed by atoms with E-state index in [0.717, 1.165) is 5.56 Å². The number of aryl methyl sites for hydroxylation is 1. The Morgan fingerprint density at radius 2 is 1.64 bits per heavy atom. The zero-order valence-corrected chi connectivity index (χ0v) is 13.2. The molecule has 22 heavy (non-hydrogen) atoms. The van der Waals surface area contributed by atoms with Crippen LogP contribution in [0.1, 0.15) is 12.5 Å². The molecule has 5 unspecified atom stereocenters. The molecule has 7 rings (SSSR count). The van der Waals surface area contributed by atoms with Gasteiger partial charge in [0.15, 0.2) is 0 Å². The molecule has 2 heterocycles. The number of hydrogen-bond acceptors (Lipinski definition) is 4. The van der Waals surface area contributed by atoms with Gasteiger partial charge in [0.05, 0.1) is 4.90 Å². The fraction of sp³-hybridized carbons (Fsp3) is 0.562. The average molecular weight is 319 g/mol. The van der Waals surface area contributed by atoms with Crippen LogP contribution in [0.5, 0.6) is 0 Å². The SMILES string of the molecule is CC(=O)OC1C2C3C2C2C1C3N2S(=O)(=O)c1ccc(C)cc1. The summed E-state index contributed by atoms with van der Waals surface area (Å²) >= 11 is 0. The third-order valence-electron chi connectivity index (χ3n) is 6.01. The predicted octanol–water partition coefficient (Wildman–Crippen LogP) is 1.17. The maximum Gasteiger partial charge on any atom is 0.302 e. The van der Waals surface area contributed by atoms with Gasteiger partial charge in [0.2, 0.25) is 10.0 Å². The van der Waals surface area contributed by atoms with Crippen LogP contribution in [0.15, 0.2) is 29.2 Å². The van der Waals surface area contributed by atoms with Crippen LogP contribution in [0.2, 0.25) is 0 Å². The van der Waals surface area contributed by atoms with E-state index in [1.807, 2.05) is 19.1 Å². The zero-order chi connectivity index (χ0) is 15.4. The first kappa shape index (κ1) is 13.1. The number of carbonyl (C=O) groups is 1. The van der Waals surface area contributed by atoms with E-state index in [9.17, 15) is 13.2 Å². The van der Waals surface area contributed by atoms with Crippen LogP contribution in [0.3, 0.4) is 0 Å². The Morgan fingerprint density at radius 3 is 2.18 bits per heavy atom. The van der Waals surface area contributed by atoms with Crippen molar-refractivity contribution in [2.75, 3.05) is 0 Å². The Labute approximate surface area is 129 Å². The zero-order valence-electron chi connectivity index (χ0n) is 12.3. The molecule has 1 aromatic carbocycles. The first-order valence-corrected chi connectivity index (χ1v) is 9.14. The van der Waals surface area contributed by atoms with Gasteiger partial charge in [0, 0.05) is 30.8 Å². The number of piperidine rings is 1. The molecule has 6 fully saturated rings. The van der Waals surface area contributed by atoms with E-state index in [1.165, 1.54) is 6.92 Å². The number of benzene rings is 1. The summed E-state index contributed by atoms with van der Waals surface area (Å²) in [5, 5.41) is 0. The number of ether oxygens (including phenoxy) is 1. The quantitative estimate of drug-likeness (QED) is 0.785. The summed E-state index contributed by atoms with van der Waals surface area (Å²) in [7, 11) is -3.42. The molecule has 0 amide bonds. The summed E-state index contributed by atoms with van der Waals surface area (Å²) in [4.78, 5) is 11.6. The maximum atomic E-state index is 12.9. The molecule has 0 spiro atoms. The van der Waals surface area contributed by atoms with Crippen LogP contribution >= 0.6 is 0 Å². The Hall–Kier alpha value is -1.40. The largest absolute Gasteiger partial charge is 0.462 e. The average Bonchev–Trinajstić information content (AvgIpc) is 2.67. The molecular formula is C16H17NO4S. The molecule has 0 N–H and O–H groups in total. The lowest BCUT2D eigenvalue weighted by molar-refractivity contribution is -0.150. The van der Waals surface area contributed by atoms with Crippen molar-refractivity contribution in [3.63, 3.8) is 0 Å². The van der Waals surface area contributed by atoms with Crippen molar-refractivity contribution >= 4 is 16.0 Å². The summed E-state index contributed by atoms with van der Waals surface area (Å²) in [5.74, 6) is 1.21. The smallest absolute Gasteiger partial charge is 0.302 e. The Kier molecular flexibility index (Phi) is 2.22. The van der Waals surface area contributed by atoms with E-state index in [0.29, 0.717) is 22.6 Å². The van der Waals surface area contributed by atoms with Crippen molar-refractivity contribution in [2.24, 2.45) is 23.7 Å². The van der Waals surface area contributed by atoms with Crippen molar-refractivity contribution in [2.45, 2.75) is 36.9 Å². The number of rotatable bonds is 3. The van der Waals surface area contributed by atoms with E-state index >= 15 is 0 Å². The molecule has 0 aromatic heterocycles. The highest BCUT2D eigenvalue weighted by atomic mass is 32.2. The minimum atomic E-state index is -3.42. The Balaban J connectivity index is 1.45. The molecule has 116 valence electrons.